The maximum atomic E-state index is 5.46. The summed E-state index contributed by atoms with van der Waals surface area (Å²) in [7, 11) is 1.82. The maximum absolute atomic E-state index is 5.46. The Morgan fingerprint density at radius 2 is 2.12 bits per heavy atom. The van der Waals surface area contributed by atoms with E-state index in [2.05, 4.69) is 46.4 Å². The number of hydrogen-bond acceptors (Lipinski definition) is 2. The minimum Gasteiger partial charge on any atom is -0.382 e. The van der Waals surface area contributed by atoms with Crippen molar-refractivity contribution in [3.63, 3.8) is 0 Å². The van der Waals surface area contributed by atoms with E-state index in [4.69, 9.17) is 4.74 Å². The molecule has 1 N–H and O–H groups in total. The van der Waals surface area contributed by atoms with Gasteiger partial charge in [-0.3, -0.25) is 0 Å². The smallest absolute Gasteiger partial charge is 0.0590 e. The van der Waals surface area contributed by atoms with Crippen LogP contribution in [-0.4, -0.2) is 19.3 Å². The molecule has 0 heterocycles. The molecule has 17 heavy (non-hydrogen) atoms. The van der Waals surface area contributed by atoms with E-state index in [-0.39, 0.29) is 0 Å². The summed E-state index contributed by atoms with van der Waals surface area (Å²) in [4.78, 5) is 0. The molecule has 0 aromatic heterocycles. The zero-order valence-electron chi connectivity index (χ0n) is 10.5. The molecule has 0 bridgehead atoms. The molecule has 0 spiro atoms. The van der Waals surface area contributed by atoms with Gasteiger partial charge in [-0.25, -0.2) is 0 Å². The molecule has 94 valence electrons. The van der Waals surface area contributed by atoms with Crippen LogP contribution < -0.4 is 5.32 Å². The van der Waals surface area contributed by atoms with Crippen molar-refractivity contribution in [3.05, 3.63) is 28.2 Å². The molecule has 1 aliphatic rings. The van der Waals surface area contributed by atoms with Crippen molar-refractivity contribution in [2.75, 3.05) is 12.4 Å². The second kappa shape index (κ2) is 5.87. The third-order valence-corrected chi connectivity index (χ3v) is 3.83. The van der Waals surface area contributed by atoms with Crippen LogP contribution in [0, 0.1) is 6.92 Å². The molecule has 0 radical (unpaired) electrons. The van der Waals surface area contributed by atoms with Gasteiger partial charge in [-0.2, -0.15) is 0 Å². The zero-order valence-corrected chi connectivity index (χ0v) is 12.1. The Labute approximate surface area is 112 Å². The Balaban J connectivity index is 2.00. The molecule has 0 amide bonds. The van der Waals surface area contributed by atoms with E-state index < -0.39 is 0 Å². The second-order valence-electron chi connectivity index (χ2n) is 4.88. The van der Waals surface area contributed by atoms with Crippen LogP contribution in [0.3, 0.4) is 0 Å². The summed E-state index contributed by atoms with van der Waals surface area (Å²) >= 11 is 3.54. The van der Waals surface area contributed by atoms with Gasteiger partial charge in [0, 0.05) is 23.3 Å². The molecular weight excluding hydrogens is 278 g/mol. The van der Waals surface area contributed by atoms with E-state index >= 15 is 0 Å². The van der Waals surface area contributed by atoms with E-state index in [0.29, 0.717) is 12.1 Å². The largest absolute Gasteiger partial charge is 0.382 e. The van der Waals surface area contributed by atoms with Gasteiger partial charge in [-0.1, -0.05) is 15.9 Å². The van der Waals surface area contributed by atoms with Gasteiger partial charge < -0.3 is 10.1 Å². The van der Waals surface area contributed by atoms with Crippen molar-refractivity contribution in [3.8, 4) is 0 Å². The van der Waals surface area contributed by atoms with Gasteiger partial charge in [0.2, 0.25) is 0 Å². The summed E-state index contributed by atoms with van der Waals surface area (Å²) in [5.41, 5.74) is 2.49. The normalized spacial score (nSPS) is 24.6. The summed E-state index contributed by atoms with van der Waals surface area (Å²) in [6.07, 6.45) is 5.23. The number of nitrogens with one attached hydrogen (secondary N) is 1. The van der Waals surface area contributed by atoms with E-state index in [1.165, 1.54) is 30.5 Å². The average molecular weight is 298 g/mol. The summed E-state index contributed by atoms with van der Waals surface area (Å²) in [6, 6.07) is 7.01. The fourth-order valence-corrected chi connectivity index (χ4v) is 3.15. The number of aryl methyl sites for hydroxylation is 1. The minimum atomic E-state index is 0.425. The summed E-state index contributed by atoms with van der Waals surface area (Å²) in [5, 5.41) is 3.62. The van der Waals surface area contributed by atoms with Crippen molar-refractivity contribution < 1.29 is 4.74 Å². The van der Waals surface area contributed by atoms with E-state index in [0.717, 1.165) is 10.9 Å². The zero-order chi connectivity index (χ0) is 12.3. The maximum Gasteiger partial charge on any atom is 0.0590 e. The van der Waals surface area contributed by atoms with Crippen LogP contribution in [0.4, 0.5) is 5.69 Å². The van der Waals surface area contributed by atoms with E-state index in [1.807, 2.05) is 7.11 Å². The molecule has 1 fully saturated rings. The van der Waals surface area contributed by atoms with Crippen LogP contribution in [0.15, 0.2) is 22.7 Å². The summed E-state index contributed by atoms with van der Waals surface area (Å²) < 4.78 is 6.60. The van der Waals surface area contributed by atoms with Crippen LogP contribution in [-0.2, 0) is 4.74 Å². The number of rotatable bonds is 3. The number of halogens is 1. The van der Waals surface area contributed by atoms with Gasteiger partial charge in [0.25, 0.3) is 0 Å². The molecule has 0 saturated heterocycles. The van der Waals surface area contributed by atoms with Crippen LogP contribution in [0.5, 0.6) is 0 Å². The minimum absolute atomic E-state index is 0.425. The topological polar surface area (TPSA) is 21.3 Å². The van der Waals surface area contributed by atoms with Crippen molar-refractivity contribution >= 4 is 21.6 Å². The van der Waals surface area contributed by atoms with Crippen molar-refractivity contribution in [1.29, 1.82) is 0 Å². The fourth-order valence-electron chi connectivity index (χ4n) is 2.55. The molecule has 2 nitrogen and oxygen atoms in total. The molecule has 1 aromatic rings. The van der Waals surface area contributed by atoms with Gasteiger partial charge in [-0.05, 0) is 56.4 Å². The fraction of sp³-hybridized carbons (Fsp3) is 0.571. The molecule has 1 aliphatic carbocycles. The Morgan fingerprint density at radius 3 is 2.82 bits per heavy atom. The molecule has 2 atom stereocenters. The standard InChI is InChI=1S/C14H20BrNO/c1-10-6-11(15)8-13(7-10)16-12-4-3-5-14(9-12)17-2/h6-8,12,14,16H,3-5,9H2,1-2H3. The molecule has 3 heteroatoms. The molecular formula is C14H20BrNO. The SMILES string of the molecule is COC1CCCC(Nc2cc(C)cc(Br)c2)C1. The van der Waals surface area contributed by atoms with Crippen LogP contribution in [0.1, 0.15) is 31.2 Å². The van der Waals surface area contributed by atoms with Gasteiger partial charge in [-0.15, -0.1) is 0 Å². The second-order valence-corrected chi connectivity index (χ2v) is 5.80. The molecule has 2 rings (SSSR count). The first-order valence-corrected chi connectivity index (χ1v) is 7.03. The molecule has 1 aromatic carbocycles. The van der Waals surface area contributed by atoms with E-state index in [1.54, 1.807) is 0 Å². The highest BCUT2D eigenvalue weighted by atomic mass is 79.9. The Morgan fingerprint density at radius 1 is 1.29 bits per heavy atom. The number of hydrogen-bond donors (Lipinski definition) is 1. The lowest BCUT2D eigenvalue weighted by molar-refractivity contribution is 0.0669. The first-order chi connectivity index (χ1) is 8.17. The number of anilines is 1. The quantitative estimate of drug-likeness (QED) is 0.906. The first-order valence-electron chi connectivity index (χ1n) is 6.24. The van der Waals surface area contributed by atoms with Crippen LogP contribution >= 0.6 is 15.9 Å². The average Bonchev–Trinajstić information content (AvgIpc) is 2.28. The predicted molar refractivity (Wildman–Crippen MR) is 75.6 cm³/mol. The number of benzene rings is 1. The van der Waals surface area contributed by atoms with E-state index in [9.17, 15) is 0 Å². The van der Waals surface area contributed by atoms with Crippen molar-refractivity contribution in [1.82, 2.24) is 0 Å². The van der Waals surface area contributed by atoms with Crippen molar-refractivity contribution in [2.45, 2.75) is 44.8 Å². The molecule has 0 aliphatic heterocycles. The lowest BCUT2D eigenvalue weighted by Crippen LogP contribution is -2.31. The third-order valence-electron chi connectivity index (χ3n) is 3.37. The highest BCUT2D eigenvalue weighted by Gasteiger charge is 2.21. The van der Waals surface area contributed by atoms with Gasteiger partial charge in [0.15, 0.2) is 0 Å². The first kappa shape index (κ1) is 12.9. The Kier molecular flexibility index (Phi) is 4.46. The van der Waals surface area contributed by atoms with Gasteiger partial charge in [0.1, 0.15) is 0 Å². The Bertz CT molecular complexity index is 360. The number of ether oxygens (including phenoxy) is 1. The summed E-state index contributed by atoms with van der Waals surface area (Å²) in [6.45, 7) is 2.12. The van der Waals surface area contributed by atoms with Gasteiger partial charge >= 0.3 is 0 Å². The van der Waals surface area contributed by atoms with Crippen LogP contribution in [0.2, 0.25) is 0 Å². The Hall–Kier alpha value is -0.540. The molecule has 2 unspecified atom stereocenters. The lowest BCUT2D eigenvalue weighted by atomic mass is 9.92. The summed E-state index contributed by atoms with van der Waals surface area (Å²) in [5.74, 6) is 0. The highest BCUT2D eigenvalue weighted by Crippen LogP contribution is 2.26. The van der Waals surface area contributed by atoms with Crippen molar-refractivity contribution in [2.24, 2.45) is 0 Å². The third kappa shape index (κ3) is 3.71. The molecule has 1 saturated carbocycles. The highest BCUT2D eigenvalue weighted by molar-refractivity contribution is 9.10. The van der Waals surface area contributed by atoms with Crippen LogP contribution in [0.25, 0.3) is 0 Å². The lowest BCUT2D eigenvalue weighted by Gasteiger charge is -2.29. The monoisotopic (exact) mass is 297 g/mol. The van der Waals surface area contributed by atoms with Gasteiger partial charge in [0.05, 0.1) is 6.10 Å². The number of methoxy groups -OCH3 is 1. The predicted octanol–water partition coefficient (Wildman–Crippen LogP) is 4.13.